The van der Waals surface area contributed by atoms with E-state index in [1.54, 1.807) is 11.9 Å². The van der Waals surface area contributed by atoms with Crippen molar-refractivity contribution in [2.75, 3.05) is 23.5 Å². The molecule has 1 atom stereocenters. The van der Waals surface area contributed by atoms with Crippen LogP contribution in [0, 0.1) is 0 Å². The maximum atomic E-state index is 11.4. The second kappa shape index (κ2) is 5.58. The van der Waals surface area contributed by atoms with E-state index in [4.69, 9.17) is 5.11 Å². The number of nitrogens with zero attached hydrogens (tertiary/aromatic N) is 3. The fraction of sp³-hybridized carbons (Fsp3) is 0.417. The Bertz CT molecular complexity index is 625. The first-order valence-corrected chi connectivity index (χ1v) is 7.86. The zero-order chi connectivity index (χ0) is 14.8. The van der Waals surface area contributed by atoms with E-state index in [1.165, 1.54) is 18.5 Å². The SMILES string of the molecule is CN(c1ncc(/C=C/C(=O)O)cn1)C1CCS(=O)(=O)C1. The molecular weight excluding hydrogens is 282 g/mol. The summed E-state index contributed by atoms with van der Waals surface area (Å²) in [7, 11) is -1.19. The molecule has 1 aliphatic rings. The van der Waals surface area contributed by atoms with Crippen LogP contribution in [-0.4, -0.2) is 54.1 Å². The van der Waals surface area contributed by atoms with Gasteiger partial charge in [0.1, 0.15) is 0 Å². The summed E-state index contributed by atoms with van der Waals surface area (Å²) in [6, 6.07) is -0.111. The van der Waals surface area contributed by atoms with Gasteiger partial charge in [0.25, 0.3) is 0 Å². The van der Waals surface area contributed by atoms with E-state index in [0.29, 0.717) is 17.9 Å². The predicted molar refractivity (Wildman–Crippen MR) is 74.2 cm³/mol. The van der Waals surface area contributed by atoms with E-state index in [0.717, 1.165) is 6.08 Å². The Morgan fingerprint density at radius 3 is 2.60 bits per heavy atom. The van der Waals surface area contributed by atoms with Crippen LogP contribution in [0.5, 0.6) is 0 Å². The largest absolute Gasteiger partial charge is 0.478 e. The summed E-state index contributed by atoms with van der Waals surface area (Å²) in [4.78, 5) is 20.4. The lowest BCUT2D eigenvalue weighted by molar-refractivity contribution is -0.131. The Labute approximate surface area is 116 Å². The van der Waals surface area contributed by atoms with Gasteiger partial charge < -0.3 is 10.0 Å². The summed E-state index contributed by atoms with van der Waals surface area (Å²) in [6.45, 7) is 0. The first kappa shape index (κ1) is 14.4. The Hall–Kier alpha value is -1.96. The number of carbonyl (C=O) groups is 1. The standard InChI is InChI=1S/C12H15N3O4S/c1-15(10-4-5-20(18,19)8-10)12-13-6-9(7-14-12)2-3-11(16)17/h2-3,6-7,10H,4-5,8H2,1H3,(H,16,17)/b3-2+. The van der Waals surface area contributed by atoms with Gasteiger partial charge >= 0.3 is 5.97 Å². The van der Waals surface area contributed by atoms with Crippen LogP contribution in [0.1, 0.15) is 12.0 Å². The zero-order valence-corrected chi connectivity index (χ0v) is 11.7. The molecule has 1 aliphatic heterocycles. The van der Waals surface area contributed by atoms with Gasteiger partial charge in [0.15, 0.2) is 9.84 Å². The minimum atomic E-state index is -2.95. The van der Waals surface area contributed by atoms with Crippen molar-refractivity contribution in [3.8, 4) is 0 Å². The van der Waals surface area contributed by atoms with Crippen molar-refractivity contribution in [3.63, 3.8) is 0 Å². The molecule has 0 radical (unpaired) electrons. The Morgan fingerprint density at radius 2 is 2.10 bits per heavy atom. The molecule has 20 heavy (non-hydrogen) atoms. The quantitative estimate of drug-likeness (QED) is 0.792. The lowest BCUT2D eigenvalue weighted by atomic mass is 10.2. The topological polar surface area (TPSA) is 100 Å². The third-order valence-corrected chi connectivity index (χ3v) is 4.90. The van der Waals surface area contributed by atoms with E-state index in [-0.39, 0.29) is 17.5 Å². The van der Waals surface area contributed by atoms with E-state index >= 15 is 0 Å². The first-order valence-electron chi connectivity index (χ1n) is 6.04. The maximum Gasteiger partial charge on any atom is 0.328 e. The number of sulfone groups is 1. The first-order chi connectivity index (χ1) is 9.37. The molecule has 0 aliphatic carbocycles. The number of anilines is 1. The van der Waals surface area contributed by atoms with Gasteiger partial charge in [-0.15, -0.1) is 0 Å². The summed E-state index contributed by atoms with van der Waals surface area (Å²) in [6.07, 6.45) is 5.98. The minimum absolute atomic E-state index is 0.111. The molecule has 0 spiro atoms. The number of rotatable bonds is 4. The number of aliphatic carboxylic acids is 1. The van der Waals surface area contributed by atoms with Crippen molar-refractivity contribution in [1.82, 2.24) is 9.97 Å². The number of hydrogen-bond donors (Lipinski definition) is 1. The Morgan fingerprint density at radius 1 is 1.45 bits per heavy atom. The molecule has 1 N–H and O–H groups in total. The van der Waals surface area contributed by atoms with Gasteiger partial charge in [-0.05, 0) is 12.5 Å². The van der Waals surface area contributed by atoms with Crippen LogP contribution in [0.4, 0.5) is 5.95 Å². The molecule has 1 unspecified atom stereocenters. The van der Waals surface area contributed by atoms with Crippen molar-refractivity contribution >= 4 is 27.8 Å². The van der Waals surface area contributed by atoms with Crippen molar-refractivity contribution in [2.45, 2.75) is 12.5 Å². The molecule has 1 aromatic rings. The predicted octanol–water partition coefficient (Wildman–Crippen LogP) is 0.198. The molecule has 0 bridgehead atoms. The molecule has 2 rings (SSSR count). The molecule has 108 valence electrons. The van der Waals surface area contributed by atoms with Crippen molar-refractivity contribution in [1.29, 1.82) is 0 Å². The van der Waals surface area contributed by atoms with Crippen molar-refractivity contribution in [2.24, 2.45) is 0 Å². The number of carboxylic acids is 1. The normalized spacial score (nSPS) is 21.1. The third-order valence-electron chi connectivity index (χ3n) is 3.15. The van der Waals surface area contributed by atoms with Gasteiger partial charge in [0, 0.05) is 37.1 Å². The highest BCUT2D eigenvalue weighted by Crippen LogP contribution is 2.19. The average molecular weight is 297 g/mol. The highest BCUT2D eigenvalue weighted by molar-refractivity contribution is 7.91. The highest BCUT2D eigenvalue weighted by Gasteiger charge is 2.31. The lowest BCUT2D eigenvalue weighted by Gasteiger charge is -2.22. The average Bonchev–Trinajstić information content (AvgIpc) is 2.76. The van der Waals surface area contributed by atoms with Crippen LogP contribution < -0.4 is 4.90 Å². The number of carboxylic acid groups (broad SMARTS) is 1. The molecule has 1 aromatic heterocycles. The van der Waals surface area contributed by atoms with Gasteiger partial charge in [-0.2, -0.15) is 0 Å². The fourth-order valence-electron chi connectivity index (χ4n) is 2.01. The maximum absolute atomic E-state index is 11.4. The molecule has 0 saturated carbocycles. The summed E-state index contributed by atoms with van der Waals surface area (Å²) in [5.41, 5.74) is 0.573. The molecule has 2 heterocycles. The van der Waals surface area contributed by atoms with Crippen LogP contribution in [0.15, 0.2) is 18.5 Å². The van der Waals surface area contributed by atoms with Crippen LogP contribution in [0.3, 0.4) is 0 Å². The molecule has 0 amide bonds. The van der Waals surface area contributed by atoms with Gasteiger partial charge in [-0.1, -0.05) is 0 Å². The van der Waals surface area contributed by atoms with Crippen molar-refractivity contribution < 1.29 is 18.3 Å². The van der Waals surface area contributed by atoms with Crippen LogP contribution in [0.2, 0.25) is 0 Å². The summed E-state index contributed by atoms with van der Waals surface area (Å²) >= 11 is 0. The van der Waals surface area contributed by atoms with Crippen LogP contribution >= 0.6 is 0 Å². The fourth-order valence-corrected chi connectivity index (χ4v) is 3.79. The molecule has 1 saturated heterocycles. The number of aromatic nitrogens is 2. The van der Waals surface area contributed by atoms with Crippen molar-refractivity contribution in [3.05, 3.63) is 24.0 Å². The Kier molecular flexibility index (Phi) is 4.03. The Balaban J connectivity index is 2.08. The molecule has 1 fully saturated rings. The summed E-state index contributed by atoms with van der Waals surface area (Å²) < 4.78 is 22.9. The van der Waals surface area contributed by atoms with Crippen LogP contribution in [-0.2, 0) is 14.6 Å². The second-order valence-electron chi connectivity index (χ2n) is 4.66. The monoisotopic (exact) mass is 297 g/mol. The van der Waals surface area contributed by atoms with E-state index in [2.05, 4.69) is 9.97 Å². The lowest BCUT2D eigenvalue weighted by Crippen LogP contribution is -2.33. The smallest absolute Gasteiger partial charge is 0.328 e. The third kappa shape index (κ3) is 3.53. The van der Waals surface area contributed by atoms with Gasteiger partial charge in [-0.3, -0.25) is 0 Å². The molecule has 8 heteroatoms. The minimum Gasteiger partial charge on any atom is -0.478 e. The molecule has 0 aromatic carbocycles. The molecule has 7 nitrogen and oxygen atoms in total. The second-order valence-corrected chi connectivity index (χ2v) is 6.88. The van der Waals surface area contributed by atoms with E-state index in [9.17, 15) is 13.2 Å². The summed E-state index contributed by atoms with van der Waals surface area (Å²) in [5.74, 6) is -0.295. The van der Waals surface area contributed by atoms with E-state index < -0.39 is 15.8 Å². The van der Waals surface area contributed by atoms with Gasteiger partial charge in [-0.25, -0.2) is 23.2 Å². The highest BCUT2D eigenvalue weighted by atomic mass is 32.2. The van der Waals surface area contributed by atoms with Gasteiger partial charge in [0.2, 0.25) is 5.95 Å². The van der Waals surface area contributed by atoms with Gasteiger partial charge in [0.05, 0.1) is 11.5 Å². The summed E-state index contributed by atoms with van der Waals surface area (Å²) in [5, 5.41) is 8.52. The zero-order valence-electron chi connectivity index (χ0n) is 10.9. The molecular formula is C12H15N3O4S. The number of hydrogen-bond acceptors (Lipinski definition) is 6. The van der Waals surface area contributed by atoms with E-state index in [1.807, 2.05) is 0 Å². The van der Waals surface area contributed by atoms with Crippen LogP contribution in [0.25, 0.3) is 6.08 Å².